The molecule has 17 nitrogen and oxygen atoms in total. The van der Waals surface area contributed by atoms with E-state index in [1.54, 1.807) is 0 Å². The molecule has 0 fully saturated rings. The molecule has 0 amide bonds. The van der Waals surface area contributed by atoms with Gasteiger partial charge >= 0.3 is 39.5 Å². The van der Waals surface area contributed by atoms with E-state index in [0.29, 0.717) is 44.9 Å². The number of carbonyl (C=O) groups excluding carboxylic acids is 4. The first-order valence-electron chi connectivity index (χ1n) is 42.0. The molecule has 0 spiro atoms. The normalized spacial score (nSPS) is 14.7. The van der Waals surface area contributed by atoms with E-state index >= 15 is 0 Å². The molecule has 0 aliphatic carbocycles. The Bertz CT molecular complexity index is 2800. The highest BCUT2D eigenvalue weighted by Gasteiger charge is 2.30. The van der Waals surface area contributed by atoms with Crippen molar-refractivity contribution in [3.05, 3.63) is 182 Å². The highest BCUT2D eigenvalue weighted by Crippen LogP contribution is 2.45. The highest BCUT2D eigenvalue weighted by atomic mass is 31.2. The maximum atomic E-state index is 13.1. The first kappa shape index (κ1) is 104. The molecular formula is C91H148O17P2. The molecule has 0 bridgehead atoms. The summed E-state index contributed by atoms with van der Waals surface area (Å²) in [6, 6.07) is 0. The summed E-state index contributed by atoms with van der Waals surface area (Å²) in [6.07, 6.45) is 99.0. The van der Waals surface area contributed by atoms with E-state index in [9.17, 15) is 43.2 Å². The third kappa shape index (κ3) is 80.2. The van der Waals surface area contributed by atoms with Crippen LogP contribution in [0.1, 0.15) is 310 Å². The molecule has 0 aliphatic heterocycles. The van der Waals surface area contributed by atoms with Crippen LogP contribution in [-0.4, -0.2) is 96.7 Å². The number of unbranched alkanes of at least 4 members (excludes halogenated alkanes) is 21. The van der Waals surface area contributed by atoms with Gasteiger partial charge in [-0.05, 0) is 167 Å². The lowest BCUT2D eigenvalue weighted by Gasteiger charge is -2.21. The Morgan fingerprint density at radius 2 is 0.473 bits per heavy atom. The second-order valence-electron chi connectivity index (χ2n) is 27.3. The number of phosphoric ester groups is 2. The van der Waals surface area contributed by atoms with E-state index in [0.717, 1.165) is 116 Å². The first-order valence-corrected chi connectivity index (χ1v) is 45.0. The molecule has 624 valence electrons. The van der Waals surface area contributed by atoms with Crippen LogP contribution < -0.4 is 0 Å². The van der Waals surface area contributed by atoms with E-state index in [1.807, 2.05) is 48.6 Å². The van der Waals surface area contributed by atoms with Crippen LogP contribution in [-0.2, 0) is 65.4 Å². The molecule has 2 unspecified atom stereocenters. The molecule has 0 aromatic heterocycles. The largest absolute Gasteiger partial charge is 0.472 e. The van der Waals surface area contributed by atoms with Crippen molar-refractivity contribution in [3.8, 4) is 0 Å². The van der Waals surface area contributed by atoms with Gasteiger partial charge in [-0.25, -0.2) is 9.13 Å². The minimum atomic E-state index is -5.03. The van der Waals surface area contributed by atoms with Crippen molar-refractivity contribution in [2.75, 3.05) is 39.6 Å². The van der Waals surface area contributed by atoms with Gasteiger partial charge in [-0.15, -0.1) is 0 Å². The highest BCUT2D eigenvalue weighted by molar-refractivity contribution is 7.47. The van der Waals surface area contributed by atoms with Crippen LogP contribution in [0.2, 0.25) is 0 Å². The van der Waals surface area contributed by atoms with Gasteiger partial charge in [0.2, 0.25) is 0 Å². The maximum Gasteiger partial charge on any atom is 0.472 e. The van der Waals surface area contributed by atoms with E-state index in [4.69, 9.17) is 37.0 Å². The van der Waals surface area contributed by atoms with E-state index in [1.165, 1.54) is 96.3 Å². The lowest BCUT2D eigenvalue weighted by molar-refractivity contribution is -0.161. The van der Waals surface area contributed by atoms with Gasteiger partial charge in [-0.1, -0.05) is 300 Å². The zero-order valence-corrected chi connectivity index (χ0v) is 70.1. The van der Waals surface area contributed by atoms with Gasteiger partial charge in [0.1, 0.15) is 19.3 Å². The zero-order chi connectivity index (χ0) is 80.3. The van der Waals surface area contributed by atoms with Crippen LogP contribution in [0.3, 0.4) is 0 Å². The Kier molecular flexibility index (Phi) is 76.9. The molecule has 0 aliphatic rings. The maximum absolute atomic E-state index is 13.1. The molecular weight excluding hydrogens is 1430 g/mol. The van der Waals surface area contributed by atoms with Crippen molar-refractivity contribution >= 4 is 39.5 Å². The van der Waals surface area contributed by atoms with Crippen molar-refractivity contribution in [1.29, 1.82) is 0 Å². The Labute approximate surface area is 666 Å². The van der Waals surface area contributed by atoms with E-state index in [-0.39, 0.29) is 25.7 Å². The Morgan fingerprint density at radius 3 is 0.809 bits per heavy atom. The van der Waals surface area contributed by atoms with Gasteiger partial charge in [-0.2, -0.15) is 0 Å². The lowest BCUT2D eigenvalue weighted by Crippen LogP contribution is -2.30. The average Bonchev–Trinajstić information content (AvgIpc) is 0.882. The Hall–Kier alpha value is -5.84. The summed E-state index contributed by atoms with van der Waals surface area (Å²) in [4.78, 5) is 73.1. The monoisotopic (exact) mass is 1580 g/mol. The number of carbonyl (C=O) groups is 4. The third-order valence-corrected chi connectivity index (χ3v) is 18.7. The fourth-order valence-electron chi connectivity index (χ4n) is 10.4. The molecule has 0 saturated heterocycles. The van der Waals surface area contributed by atoms with Gasteiger partial charge in [0.25, 0.3) is 0 Å². The van der Waals surface area contributed by atoms with Gasteiger partial charge in [0.15, 0.2) is 12.2 Å². The molecule has 3 N–H and O–H groups in total. The second kappa shape index (κ2) is 81.2. The minimum absolute atomic E-state index is 0.0279. The van der Waals surface area contributed by atoms with Crippen molar-refractivity contribution in [1.82, 2.24) is 0 Å². The smallest absolute Gasteiger partial charge is 0.462 e. The molecule has 0 radical (unpaired) electrons. The number of allylic oxidation sites excluding steroid dienone is 30. The SMILES string of the molecule is CCCCC/C=C\C/C=C\C/C=C\C/C=C\C/C=C\CCC(=O)OC[C@H](COP(=O)(O)OC[C@@H](O)COP(=O)(O)OC[C@@H](COC(=O)CCC/C=C\C/C=C\C/C=C\C/C=C\CCCCC)OC(=O)CC/C=C\C/C=C\C/C=C\C/C=C\C/C=C\CCCCC)OC(=O)CCCCCCC/C=C\CCCCCCCC. The quantitative estimate of drug-likeness (QED) is 0.0169. The number of aliphatic hydroxyl groups excluding tert-OH is 1. The predicted octanol–water partition coefficient (Wildman–Crippen LogP) is 25.1. The summed E-state index contributed by atoms with van der Waals surface area (Å²) in [5.41, 5.74) is 0. The summed E-state index contributed by atoms with van der Waals surface area (Å²) in [5, 5.41) is 10.7. The standard InChI is InChI=1S/C91H148O17P2/c1-5-9-13-17-21-25-29-33-37-40-42-45-49-52-56-60-64-68-72-76-89(94)102-81-86(107-90(95)77-73-69-65-61-57-53-47-36-32-28-24-20-16-12-8-4)83-105-109(97,98)103-79-85(92)80-104-110(99,100)106-84-87(82-101-88(93)75-71-67-63-59-55-51-48-44-39-35-31-27-23-19-15-11-7-3)108-91(96)78-74-70-66-62-58-54-50-46-43-41-38-34-30-26-22-18-14-10-6-2/h21-23,25-27,33-39,42-43,45-48,51-52,54,56,58-59,63-64,66,68,70,85-87,92H,5-20,24,28-32,40-41,44,49-50,53,55,57,60-62,65,67,69,71-84H2,1-4H3,(H,97,98)(H,99,100)/b25-21-,26-22-,27-23-,37-33-,38-34-,39-35-,45-42-,46-43-,47-36-,51-48-,56-52-,58-54-,63-59-,68-64-,70-66-/t85-,86-,87-/m1/s1. The fraction of sp³-hybridized carbons (Fsp3) is 0.626. The van der Waals surface area contributed by atoms with Crippen molar-refractivity contribution in [2.45, 2.75) is 329 Å². The summed E-state index contributed by atoms with van der Waals surface area (Å²) in [7, 11) is -10.0. The molecule has 19 heteroatoms. The molecule has 0 saturated carbocycles. The predicted molar refractivity (Wildman–Crippen MR) is 454 cm³/mol. The number of hydrogen-bond donors (Lipinski definition) is 3. The molecule has 0 heterocycles. The van der Waals surface area contributed by atoms with Crippen LogP contribution in [0, 0.1) is 0 Å². The summed E-state index contributed by atoms with van der Waals surface area (Å²) in [5.74, 6) is -2.46. The van der Waals surface area contributed by atoms with Gasteiger partial charge in [0, 0.05) is 25.7 Å². The molecule has 0 rings (SSSR count). The molecule has 110 heavy (non-hydrogen) atoms. The molecule has 0 aromatic rings. The number of aliphatic hydroxyl groups is 1. The topological polar surface area (TPSA) is 237 Å². The third-order valence-electron chi connectivity index (χ3n) is 16.8. The van der Waals surface area contributed by atoms with Gasteiger partial charge in [-0.3, -0.25) is 37.3 Å². The van der Waals surface area contributed by atoms with E-state index in [2.05, 4.69) is 161 Å². The van der Waals surface area contributed by atoms with Crippen LogP contribution in [0.25, 0.3) is 0 Å². The average molecular weight is 1580 g/mol. The van der Waals surface area contributed by atoms with Crippen LogP contribution in [0.4, 0.5) is 0 Å². The summed E-state index contributed by atoms with van der Waals surface area (Å²) in [6.45, 7) is 4.54. The van der Waals surface area contributed by atoms with Crippen LogP contribution >= 0.6 is 15.6 Å². The number of ether oxygens (including phenoxy) is 4. The zero-order valence-electron chi connectivity index (χ0n) is 68.4. The number of esters is 4. The Morgan fingerprint density at radius 1 is 0.255 bits per heavy atom. The fourth-order valence-corrected chi connectivity index (χ4v) is 12.0. The second-order valence-corrected chi connectivity index (χ2v) is 30.3. The van der Waals surface area contributed by atoms with E-state index < -0.39 is 97.5 Å². The summed E-state index contributed by atoms with van der Waals surface area (Å²) >= 11 is 0. The van der Waals surface area contributed by atoms with Crippen LogP contribution in [0.5, 0.6) is 0 Å². The van der Waals surface area contributed by atoms with Crippen molar-refractivity contribution < 1.29 is 80.2 Å². The number of hydrogen-bond acceptors (Lipinski definition) is 15. The lowest BCUT2D eigenvalue weighted by atomic mass is 10.1. The molecule has 5 atom stereocenters. The van der Waals surface area contributed by atoms with Crippen molar-refractivity contribution in [2.24, 2.45) is 0 Å². The van der Waals surface area contributed by atoms with Crippen LogP contribution in [0.15, 0.2) is 182 Å². The van der Waals surface area contributed by atoms with Gasteiger partial charge < -0.3 is 33.8 Å². The van der Waals surface area contributed by atoms with Gasteiger partial charge in [0.05, 0.1) is 26.4 Å². The molecule has 0 aromatic carbocycles. The number of phosphoric acid groups is 2. The van der Waals surface area contributed by atoms with Crippen molar-refractivity contribution in [3.63, 3.8) is 0 Å². The number of rotatable bonds is 77. The summed E-state index contributed by atoms with van der Waals surface area (Å²) < 4.78 is 68.5. The first-order chi connectivity index (χ1) is 53.7. The minimum Gasteiger partial charge on any atom is -0.462 e. The Balaban J connectivity index is 5.58.